The molecule has 0 saturated carbocycles. The number of hydrogen-bond donors (Lipinski definition) is 1. The van der Waals surface area contributed by atoms with Crippen molar-refractivity contribution < 1.29 is 32.2 Å². The molecule has 10 nitrogen and oxygen atoms in total. The lowest BCUT2D eigenvalue weighted by atomic mass is 10.0. The van der Waals surface area contributed by atoms with Crippen LogP contribution in [0.2, 0.25) is 15.1 Å². The lowest BCUT2D eigenvalue weighted by molar-refractivity contribution is -0.140. The van der Waals surface area contributed by atoms with Crippen molar-refractivity contribution in [2.75, 3.05) is 32.2 Å². The van der Waals surface area contributed by atoms with E-state index in [2.05, 4.69) is 5.32 Å². The van der Waals surface area contributed by atoms with E-state index < -0.39 is 34.4 Å². The summed E-state index contributed by atoms with van der Waals surface area (Å²) in [5.74, 6) is -0.592. The Morgan fingerprint density at radius 1 is 0.780 bits per heavy atom. The van der Waals surface area contributed by atoms with Crippen molar-refractivity contribution in [1.82, 2.24) is 10.2 Å². The zero-order valence-electron chi connectivity index (χ0n) is 28.2. The average Bonchev–Trinajstić information content (AvgIpc) is 3.09. The van der Waals surface area contributed by atoms with Crippen LogP contribution in [0.4, 0.5) is 5.69 Å². The van der Waals surface area contributed by atoms with Gasteiger partial charge in [0.25, 0.3) is 10.0 Å². The van der Waals surface area contributed by atoms with Crippen molar-refractivity contribution in [3.8, 4) is 17.2 Å². The van der Waals surface area contributed by atoms with Crippen LogP contribution in [0.25, 0.3) is 0 Å². The molecule has 0 radical (unpaired) electrons. The Bertz CT molecular complexity index is 1910. The molecule has 4 aromatic carbocycles. The Labute approximate surface area is 307 Å². The van der Waals surface area contributed by atoms with Crippen LogP contribution in [0.3, 0.4) is 0 Å². The van der Waals surface area contributed by atoms with Crippen LogP contribution in [0.1, 0.15) is 25.0 Å². The van der Waals surface area contributed by atoms with Crippen molar-refractivity contribution in [2.45, 2.75) is 43.8 Å². The summed E-state index contributed by atoms with van der Waals surface area (Å²) in [6.45, 7) is 2.63. The maximum atomic E-state index is 14.8. The molecule has 0 aliphatic heterocycles. The Balaban J connectivity index is 1.92. The van der Waals surface area contributed by atoms with Crippen LogP contribution >= 0.6 is 34.8 Å². The van der Waals surface area contributed by atoms with Crippen molar-refractivity contribution in [1.29, 1.82) is 0 Å². The molecule has 0 aliphatic carbocycles. The number of carbonyl (C=O) groups excluding carboxylic acids is 2. The van der Waals surface area contributed by atoms with Crippen LogP contribution in [0.5, 0.6) is 17.2 Å². The highest BCUT2D eigenvalue weighted by atomic mass is 35.5. The SMILES string of the molecule is COc1ccc(S(=O)(=O)N(CC(=O)N(Cc2c(Cl)cccc2Cl)C(Cc2ccccc2)C(=O)NC(C)C)c2cc(Cl)ccc2OC)cc1OC. The van der Waals surface area contributed by atoms with Gasteiger partial charge in [0.2, 0.25) is 11.8 Å². The number of ether oxygens (including phenoxy) is 3. The van der Waals surface area contributed by atoms with E-state index in [1.165, 1.54) is 62.6 Å². The molecule has 14 heteroatoms. The second-order valence-corrected chi connectivity index (χ2v) is 14.5. The second-order valence-electron chi connectivity index (χ2n) is 11.4. The zero-order chi connectivity index (χ0) is 36.6. The quantitative estimate of drug-likeness (QED) is 0.138. The summed E-state index contributed by atoms with van der Waals surface area (Å²) in [5, 5.41) is 3.64. The molecule has 4 rings (SSSR count). The molecule has 1 atom stereocenters. The van der Waals surface area contributed by atoms with E-state index in [4.69, 9.17) is 49.0 Å². The number of hydrogen-bond acceptors (Lipinski definition) is 7. The summed E-state index contributed by atoms with van der Waals surface area (Å²) in [6.07, 6.45) is 0.107. The molecule has 0 heterocycles. The first-order valence-electron chi connectivity index (χ1n) is 15.5. The molecule has 0 fully saturated rings. The lowest BCUT2D eigenvalue weighted by Crippen LogP contribution is -2.54. The van der Waals surface area contributed by atoms with E-state index in [0.717, 1.165) is 9.87 Å². The molecule has 266 valence electrons. The maximum absolute atomic E-state index is 14.8. The van der Waals surface area contributed by atoms with Crippen LogP contribution < -0.4 is 23.8 Å². The molecular formula is C36H38Cl3N3O7S. The monoisotopic (exact) mass is 761 g/mol. The van der Waals surface area contributed by atoms with Gasteiger partial charge in [-0.1, -0.05) is 71.2 Å². The van der Waals surface area contributed by atoms with Crippen molar-refractivity contribution in [3.05, 3.63) is 111 Å². The second kappa shape index (κ2) is 17.2. The smallest absolute Gasteiger partial charge is 0.265 e. The van der Waals surface area contributed by atoms with Gasteiger partial charge in [-0.15, -0.1) is 0 Å². The van der Waals surface area contributed by atoms with Crippen LogP contribution in [0, 0.1) is 0 Å². The van der Waals surface area contributed by atoms with Crippen molar-refractivity contribution in [3.63, 3.8) is 0 Å². The molecule has 2 amide bonds. The average molecular weight is 763 g/mol. The predicted octanol–water partition coefficient (Wildman–Crippen LogP) is 7.03. The number of anilines is 1. The fourth-order valence-corrected chi connectivity index (χ4v) is 7.38. The van der Waals surface area contributed by atoms with E-state index in [0.29, 0.717) is 11.3 Å². The fraction of sp³-hybridized carbons (Fsp3) is 0.278. The largest absolute Gasteiger partial charge is 0.495 e. The van der Waals surface area contributed by atoms with Gasteiger partial charge < -0.3 is 24.4 Å². The topological polar surface area (TPSA) is 114 Å². The van der Waals surface area contributed by atoms with E-state index >= 15 is 0 Å². The Kier molecular flexibility index (Phi) is 13.3. The van der Waals surface area contributed by atoms with E-state index in [9.17, 15) is 18.0 Å². The summed E-state index contributed by atoms with van der Waals surface area (Å²) in [6, 6.07) is 21.2. The van der Waals surface area contributed by atoms with Gasteiger partial charge in [0.1, 0.15) is 18.3 Å². The number of halogens is 3. The Morgan fingerprint density at radius 2 is 1.40 bits per heavy atom. The molecule has 1 N–H and O–H groups in total. The van der Waals surface area contributed by atoms with Gasteiger partial charge in [0.05, 0.1) is 31.9 Å². The summed E-state index contributed by atoms with van der Waals surface area (Å²) in [4.78, 5) is 29.8. The first kappa shape index (κ1) is 38.6. The molecule has 0 spiro atoms. The highest BCUT2D eigenvalue weighted by Gasteiger charge is 2.36. The van der Waals surface area contributed by atoms with Crippen LogP contribution in [-0.2, 0) is 32.6 Å². The number of nitrogens with one attached hydrogen (secondary N) is 1. The number of carbonyl (C=O) groups is 2. The third-order valence-corrected chi connectivity index (χ3v) is 10.4. The minimum atomic E-state index is -4.54. The Morgan fingerprint density at radius 3 is 2.00 bits per heavy atom. The minimum absolute atomic E-state index is 0.00916. The normalized spacial score (nSPS) is 11.9. The van der Waals surface area contributed by atoms with Gasteiger partial charge in [-0.05, 0) is 61.9 Å². The number of benzene rings is 4. The number of amides is 2. The molecule has 4 aromatic rings. The fourth-order valence-electron chi connectivity index (χ4n) is 5.26. The van der Waals surface area contributed by atoms with Crippen LogP contribution in [0.15, 0.2) is 89.8 Å². The molecule has 1 unspecified atom stereocenters. The van der Waals surface area contributed by atoms with Crippen LogP contribution in [-0.4, -0.2) is 65.1 Å². The molecule has 0 aliphatic rings. The highest BCUT2D eigenvalue weighted by molar-refractivity contribution is 7.92. The first-order valence-corrected chi connectivity index (χ1v) is 18.0. The molecule has 0 saturated heterocycles. The number of methoxy groups -OCH3 is 3. The third-order valence-electron chi connectivity index (χ3n) is 7.72. The van der Waals surface area contributed by atoms with E-state index in [1.807, 2.05) is 30.3 Å². The standard InChI is InChI=1S/C36H38Cl3N3O7S/c1-23(2)40-36(44)31(18-24-10-7-6-8-11-24)41(21-27-28(38)12-9-13-29(27)39)35(43)22-42(30-19-25(37)14-16-32(30)47-3)50(45,46)26-15-17-33(48-4)34(20-26)49-5/h6-17,19-20,23,31H,18,21-22H2,1-5H3,(H,40,44). The number of sulfonamides is 1. The van der Waals surface area contributed by atoms with Gasteiger partial charge in [-0.25, -0.2) is 8.42 Å². The van der Waals surface area contributed by atoms with Crippen molar-refractivity contribution in [2.24, 2.45) is 0 Å². The van der Waals surface area contributed by atoms with Gasteiger partial charge in [0.15, 0.2) is 11.5 Å². The van der Waals surface area contributed by atoms with E-state index in [-0.39, 0.29) is 56.2 Å². The molecular weight excluding hydrogens is 725 g/mol. The Hall–Kier alpha value is -4.16. The van der Waals surface area contributed by atoms with Gasteiger partial charge >= 0.3 is 0 Å². The van der Waals surface area contributed by atoms with Crippen molar-refractivity contribution >= 4 is 62.3 Å². The molecule has 0 aromatic heterocycles. The number of rotatable bonds is 15. The summed E-state index contributed by atoms with van der Waals surface area (Å²) < 4.78 is 46.3. The van der Waals surface area contributed by atoms with Gasteiger partial charge in [-0.2, -0.15) is 0 Å². The minimum Gasteiger partial charge on any atom is -0.495 e. The number of nitrogens with zero attached hydrogens (tertiary/aromatic N) is 2. The highest BCUT2D eigenvalue weighted by Crippen LogP contribution is 2.37. The third kappa shape index (κ3) is 9.14. The maximum Gasteiger partial charge on any atom is 0.265 e. The lowest BCUT2D eigenvalue weighted by Gasteiger charge is -2.34. The van der Waals surface area contributed by atoms with Gasteiger partial charge in [0, 0.05) is 45.7 Å². The summed E-state index contributed by atoms with van der Waals surface area (Å²) in [7, 11) is -0.372. The molecule has 0 bridgehead atoms. The zero-order valence-corrected chi connectivity index (χ0v) is 31.2. The predicted molar refractivity (Wildman–Crippen MR) is 196 cm³/mol. The first-order chi connectivity index (χ1) is 23.8. The summed E-state index contributed by atoms with van der Waals surface area (Å²) >= 11 is 19.6. The summed E-state index contributed by atoms with van der Waals surface area (Å²) in [5.41, 5.74) is 1.14. The molecule has 50 heavy (non-hydrogen) atoms. The van der Waals surface area contributed by atoms with E-state index in [1.54, 1.807) is 32.0 Å². The van der Waals surface area contributed by atoms with Gasteiger partial charge in [-0.3, -0.25) is 13.9 Å².